The Bertz CT molecular complexity index is 321. The van der Waals surface area contributed by atoms with Crippen molar-refractivity contribution in [2.45, 2.75) is 38.8 Å². The molecule has 0 aliphatic heterocycles. The maximum absolute atomic E-state index is 11.6. The lowest BCUT2D eigenvalue weighted by molar-refractivity contribution is -0.144. The van der Waals surface area contributed by atoms with Crippen LogP contribution in [0.25, 0.3) is 0 Å². The molecule has 0 rings (SSSR count). The van der Waals surface area contributed by atoms with Crippen molar-refractivity contribution in [3.63, 3.8) is 0 Å². The first-order chi connectivity index (χ1) is 7.54. The fourth-order valence-electron chi connectivity index (χ4n) is 1.04. The molecule has 7 nitrogen and oxygen atoms in total. The standard InChI is InChI=1S/C10H18N2O5/c1-10(2,3)17-9(16)12(4)6(8(14)15)5-7(11)13/h6H,5H2,1-4H3,(H2,11,13)(H,14,15). The molecule has 0 fully saturated rings. The Kier molecular flexibility index (Phi) is 4.93. The minimum atomic E-state index is -1.32. The van der Waals surface area contributed by atoms with Gasteiger partial charge in [0.1, 0.15) is 11.6 Å². The summed E-state index contributed by atoms with van der Waals surface area (Å²) >= 11 is 0. The highest BCUT2D eigenvalue weighted by Crippen LogP contribution is 2.12. The van der Waals surface area contributed by atoms with E-state index in [0.717, 1.165) is 4.90 Å². The van der Waals surface area contributed by atoms with Crippen LogP contribution in [0.15, 0.2) is 0 Å². The number of amides is 2. The van der Waals surface area contributed by atoms with Crippen molar-refractivity contribution >= 4 is 18.0 Å². The Morgan fingerprint density at radius 2 is 1.82 bits per heavy atom. The fraction of sp³-hybridized carbons (Fsp3) is 0.700. The zero-order chi connectivity index (χ0) is 13.8. The van der Waals surface area contributed by atoms with Crippen LogP contribution in [0.4, 0.5) is 4.79 Å². The highest BCUT2D eigenvalue weighted by atomic mass is 16.6. The van der Waals surface area contributed by atoms with Gasteiger partial charge in [0.2, 0.25) is 5.91 Å². The Balaban J connectivity index is 4.72. The number of ether oxygens (including phenoxy) is 1. The van der Waals surface area contributed by atoms with Crippen molar-refractivity contribution < 1.29 is 24.2 Å². The molecule has 1 unspecified atom stereocenters. The summed E-state index contributed by atoms with van der Waals surface area (Å²) in [7, 11) is 1.25. The van der Waals surface area contributed by atoms with E-state index in [2.05, 4.69) is 0 Å². The highest BCUT2D eigenvalue weighted by Gasteiger charge is 2.31. The molecule has 3 N–H and O–H groups in total. The molecule has 0 bridgehead atoms. The molecule has 0 aromatic heterocycles. The predicted octanol–water partition coefficient (Wildman–Crippen LogP) is 0.182. The van der Waals surface area contributed by atoms with Gasteiger partial charge in [0.05, 0.1) is 6.42 Å². The van der Waals surface area contributed by atoms with Gasteiger partial charge >= 0.3 is 12.1 Å². The maximum atomic E-state index is 11.6. The molecule has 0 aliphatic rings. The number of nitrogens with two attached hydrogens (primary N) is 1. The third-order valence-corrected chi connectivity index (χ3v) is 1.83. The van der Waals surface area contributed by atoms with Crippen LogP contribution in [0.1, 0.15) is 27.2 Å². The molecular formula is C10H18N2O5. The number of carboxylic acid groups (broad SMARTS) is 1. The number of nitrogens with zero attached hydrogens (tertiary/aromatic N) is 1. The van der Waals surface area contributed by atoms with Gasteiger partial charge in [-0.1, -0.05) is 0 Å². The zero-order valence-corrected chi connectivity index (χ0v) is 10.4. The molecule has 7 heteroatoms. The van der Waals surface area contributed by atoms with Gasteiger partial charge in [-0.15, -0.1) is 0 Å². The lowest BCUT2D eigenvalue weighted by Crippen LogP contribution is -2.46. The van der Waals surface area contributed by atoms with E-state index in [-0.39, 0.29) is 0 Å². The molecule has 0 saturated heterocycles. The van der Waals surface area contributed by atoms with Crippen LogP contribution >= 0.6 is 0 Å². The van der Waals surface area contributed by atoms with E-state index >= 15 is 0 Å². The molecule has 0 heterocycles. The number of hydrogen-bond donors (Lipinski definition) is 2. The predicted molar refractivity (Wildman–Crippen MR) is 59.2 cm³/mol. The number of likely N-dealkylation sites (N-methyl/N-ethyl adjacent to an activating group) is 1. The number of hydrogen-bond acceptors (Lipinski definition) is 4. The average molecular weight is 246 g/mol. The van der Waals surface area contributed by atoms with Crippen molar-refractivity contribution in [2.24, 2.45) is 5.73 Å². The van der Waals surface area contributed by atoms with Crippen molar-refractivity contribution in [3.05, 3.63) is 0 Å². The molecule has 2 amide bonds. The van der Waals surface area contributed by atoms with Crippen molar-refractivity contribution in [2.75, 3.05) is 7.05 Å². The second-order valence-electron chi connectivity index (χ2n) is 4.62. The Labute approximate surface area is 99.5 Å². The van der Waals surface area contributed by atoms with Crippen molar-refractivity contribution in [3.8, 4) is 0 Å². The zero-order valence-electron chi connectivity index (χ0n) is 10.4. The molecule has 0 aromatic rings. The number of aliphatic carboxylic acids is 1. The summed E-state index contributed by atoms with van der Waals surface area (Å²) in [6.07, 6.45) is -1.27. The average Bonchev–Trinajstić information content (AvgIpc) is 2.09. The van der Waals surface area contributed by atoms with Crippen LogP contribution in [0.3, 0.4) is 0 Å². The minimum Gasteiger partial charge on any atom is -0.480 e. The van der Waals surface area contributed by atoms with Gasteiger partial charge in [-0.25, -0.2) is 9.59 Å². The van der Waals surface area contributed by atoms with Crippen LogP contribution in [-0.2, 0) is 14.3 Å². The lowest BCUT2D eigenvalue weighted by Gasteiger charge is -2.27. The van der Waals surface area contributed by atoms with Gasteiger partial charge in [-0.2, -0.15) is 0 Å². The lowest BCUT2D eigenvalue weighted by atomic mass is 10.2. The molecule has 0 saturated carbocycles. The molecular weight excluding hydrogens is 228 g/mol. The van der Waals surface area contributed by atoms with Crippen molar-refractivity contribution in [1.29, 1.82) is 0 Å². The van der Waals surface area contributed by atoms with E-state index in [9.17, 15) is 14.4 Å². The molecule has 0 spiro atoms. The monoisotopic (exact) mass is 246 g/mol. The Morgan fingerprint density at radius 1 is 1.35 bits per heavy atom. The van der Waals surface area contributed by atoms with E-state index < -0.39 is 36.0 Å². The number of primary amides is 1. The van der Waals surface area contributed by atoms with Gasteiger partial charge in [0.15, 0.2) is 0 Å². The molecule has 0 aliphatic carbocycles. The van der Waals surface area contributed by atoms with E-state index in [4.69, 9.17) is 15.6 Å². The topological polar surface area (TPSA) is 110 Å². The molecule has 1 atom stereocenters. The smallest absolute Gasteiger partial charge is 0.410 e. The van der Waals surface area contributed by atoms with Crippen LogP contribution < -0.4 is 5.73 Å². The van der Waals surface area contributed by atoms with Crippen LogP contribution in [0.2, 0.25) is 0 Å². The van der Waals surface area contributed by atoms with Gasteiger partial charge in [0.25, 0.3) is 0 Å². The highest BCUT2D eigenvalue weighted by molar-refractivity contribution is 5.86. The summed E-state index contributed by atoms with van der Waals surface area (Å²) in [6.45, 7) is 4.97. The number of rotatable bonds is 4. The third kappa shape index (κ3) is 5.74. The largest absolute Gasteiger partial charge is 0.480 e. The van der Waals surface area contributed by atoms with Crippen molar-refractivity contribution in [1.82, 2.24) is 4.90 Å². The summed E-state index contributed by atoms with van der Waals surface area (Å²) in [5.74, 6) is -2.11. The Morgan fingerprint density at radius 3 is 2.12 bits per heavy atom. The van der Waals surface area contributed by atoms with E-state index in [0.29, 0.717) is 0 Å². The second-order valence-corrected chi connectivity index (χ2v) is 4.62. The number of carbonyl (C=O) groups is 3. The Hall–Kier alpha value is -1.79. The number of carboxylic acids is 1. The fourth-order valence-corrected chi connectivity index (χ4v) is 1.04. The SMILES string of the molecule is CN(C(=O)OC(C)(C)C)C(CC(N)=O)C(=O)O. The normalized spacial score (nSPS) is 12.7. The summed E-state index contributed by atoms with van der Waals surface area (Å²) < 4.78 is 4.98. The first kappa shape index (κ1) is 15.2. The summed E-state index contributed by atoms with van der Waals surface area (Å²) in [6, 6.07) is -1.32. The first-order valence-electron chi connectivity index (χ1n) is 5.01. The van der Waals surface area contributed by atoms with Gasteiger partial charge in [-0.3, -0.25) is 9.69 Å². The van der Waals surface area contributed by atoms with E-state index in [1.165, 1.54) is 7.05 Å². The van der Waals surface area contributed by atoms with E-state index in [1.54, 1.807) is 20.8 Å². The van der Waals surface area contributed by atoms with Gasteiger partial charge in [-0.05, 0) is 20.8 Å². The van der Waals surface area contributed by atoms with Crippen LogP contribution in [-0.4, -0.2) is 46.7 Å². The first-order valence-corrected chi connectivity index (χ1v) is 5.01. The van der Waals surface area contributed by atoms with Gasteiger partial charge < -0.3 is 15.6 Å². The minimum absolute atomic E-state index is 0.453. The molecule has 98 valence electrons. The summed E-state index contributed by atoms with van der Waals surface area (Å²) in [4.78, 5) is 34.0. The molecule has 0 radical (unpaired) electrons. The molecule has 0 aromatic carbocycles. The summed E-state index contributed by atoms with van der Waals surface area (Å²) in [5, 5.41) is 8.88. The third-order valence-electron chi connectivity index (χ3n) is 1.83. The summed E-state index contributed by atoms with van der Waals surface area (Å²) in [5.41, 5.74) is 4.18. The molecule has 17 heavy (non-hydrogen) atoms. The van der Waals surface area contributed by atoms with Crippen LogP contribution in [0, 0.1) is 0 Å². The van der Waals surface area contributed by atoms with Gasteiger partial charge in [0, 0.05) is 7.05 Å². The number of carbonyl (C=O) groups excluding carboxylic acids is 2. The maximum Gasteiger partial charge on any atom is 0.410 e. The quantitative estimate of drug-likeness (QED) is 0.735. The van der Waals surface area contributed by atoms with Crippen LogP contribution in [0.5, 0.6) is 0 Å². The second kappa shape index (κ2) is 5.51. The van der Waals surface area contributed by atoms with E-state index in [1.807, 2.05) is 0 Å².